The number of hydrogen-bond acceptors (Lipinski definition) is 9. The number of para-hydroxylation sites is 1. The molecule has 4 aromatic carbocycles. The van der Waals surface area contributed by atoms with Crippen molar-refractivity contribution < 1.29 is 18.8 Å². The van der Waals surface area contributed by atoms with Crippen LogP contribution >= 0.6 is 0 Å². The van der Waals surface area contributed by atoms with E-state index in [1.54, 1.807) is 43.5 Å². The summed E-state index contributed by atoms with van der Waals surface area (Å²) >= 11 is 0. The molecule has 2 heterocycles. The summed E-state index contributed by atoms with van der Waals surface area (Å²) in [4.78, 5) is 31.0. The Bertz CT molecular complexity index is 2100. The maximum atomic E-state index is 13.8. The van der Waals surface area contributed by atoms with Gasteiger partial charge in [-0.1, -0.05) is 18.2 Å². The van der Waals surface area contributed by atoms with Crippen LogP contribution in [0.3, 0.4) is 0 Å². The van der Waals surface area contributed by atoms with Gasteiger partial charge in [0.05, 0.1) is 34.5 Å². The summed E-state index contributed by atoms with van der Waals surface area (Å²) in [6, 6.07) is 26.1. The van der Waals surface area contributed by atoms with Gasteiger partial charge in [-0.15, -0.1) is 0 Å². The molecule has 0 aliphatic carbocycles. The molecular formula is C33H27N5O6. The van der Waals surface area contributed by atoms with Gasteiger partial charge in [0.2, 0.25) is 5.82 Å². The fourth-order valence-corrected chi connectivity index (χ4v) is 4.74. The average Bonchev–Trinajstić information content (AvgIpc) is 3.48. The van der Waals surface area contributed by atoms with Crippen LogP contribution in [0.1, 0.15) is 11.1 Å². The van der Waals surface area contributed by atoms with Crippen LogP contribution in [0.5, 0.6) is 11.5 Å². The first-order chi connectivity index (χ1) is 21.3. The van der Waals surface area contributed by atoms with E-state index in [4.69, 9.17) is 18.9 Å². The molecule has 44 heavy (non-hydrogen) atoms. The van der Waals surface area contributed by atoms with E-state index in [1.165, 1.54) is 23.0 Å². The minimum absolute atomic E-state index is 0.00400. The lowest BCUT2D eigenvalue weighted by molar-refractivity contribution is -0.384. The molecule has 6 rings (SSSR count). The predicted octanol–water partition coefficient (Wildman–Crippen LogP) is 6.25. The van der Waals surface area contributed by atoms with Crippen molar-refractivity contribution in [2.75, 3.05) is 26.1 Å². The van der Waals surface area contributed by atoms with Crippen molar-refractivity contribution in [3.05, 3.63) is 123 Å². The quantitative estimate of drug-likeness (QED) is 0.110. The Kier molecular flexibility index (Phi) is 7.51. The largest absolute Gasteiger partial charge is 0.496 e. The molecule has 220 valence electrons. The first-order valence-corrected chi connectivity index (χ1v) is 13.6. The lowest BCUT2D eigenvalue weighted by Crippen LogP contribution is -2.20. The van der Waals surface area contributed by atoms with Crippen molar-refractivity contribution in [2.24, 2.45) is 5.10 Å². The van der Waals surface area contributed by atoms with Crippen LogP contribution in [0.15, 0.2) is 105 Å². The minimum Gasteiger partial charge on any atom is -0.496 e. The van der Waals surface area contributed by atoms with Gasteiger partial charge in [-0.3, -0.25) is 14.9 Å². The van der Waals surface area contributed by atoms with Crippen molar-refractivity contribution in [1.29, 1.82) is 0 Å². The topological polar surface area (TPSA) is 125 Å². The van der Waals surface area contributed by atoms with Gasteiger partial charge in [0.15, 0.2) is 5.76 Å². The molecule has 2 aromatic heterocycles. The van der Waals surface area contributed by atoms with Crippen molar-refractivity contribution in [3.63, 3.8) is 0 Å². The van der Waals surface area contributed by atoms with E-state index in [9.17, 15) is 14.9 Å². The SMILES string of the molecule is COc1cccc2oc(-c3nc4ccccc4c(=O)n3N=Cc3ccc(N(C)C)cc3OCc3ccc([N+](=O)[O-])cc3)cc12. The third-order valence-corrected chi connectivity index (χ3v) is 7.08. The molecule has 0 aliphatic rings. The molecule has 0 amide bonds. The zero-order chi connectivity index (χ0) is 30.8. The highest BCUT2D eigenvalue weighted by Gasteiger charge is 2.18. The van der Waals surface area contributed by atoms with Crippen LogP contribution in [0.2, 0.25) is 0 Å². The van der Waals surface area contributed by atoms with Gasteiger partial charge in [0, 0.05) is 43.5 Å². The number of methoxy groups -OCH3 is 1. The Morgan fingerprint density at radius 2 is 1.77 bits per heavy atom. The van der Waals surface area contributed by atoms with Crippen LogP contribution in [0.25, 0.3) is 33.5 Å². The second-order valence-electron chi connectivity index (χ2n) is 10.1. The van der Waals surface area contributed by atoms with Gasteiger partial charge in [0.1, 0.15) is 23.7 Å². The Labute approximate surface area is 251 Å². The number of ether oxygens (including phenoxy) is 2. The smallest absolute Gasteiger partial charge is 0.282 e. The number of furan rings is 1. The molecule has 0 unspecified atom stereocenters. The molecule has 0 atom stereocenters. The van der Waals surface area contributed by atoms with E-state index in [1.807, 2.05) is 61.5 Å². The Morgan fingerprint density at radius 3 is 2.52 bits per heavy atom. The van der Waals surface area contributed by atoms with Gasteiger partial charge in [-0.2, -0.15) is 9.78 Å². The first kappa shape index (κ1) is 28.2. The number of nitro groups is 1. The summed E-state index contributed by atoms with van der Waals surface area (Å²) in [7, 11) is 5.41. The standard InChI is InChI=1S/C33H27N5O6/c1-36(2)24-16-13-22(30(17-24)43-20-21-11-14-23(15-12-21)38(40)41)19-34-37-32(35-27-8-5-4-7-25(27)33(37)39)31-18-26-28(42-3)9-6-10-29(26)44-31/h4-19H,20H2,1-3H3. The van der Waals surface area contributed by atoms with Crippen LogP contribution in [-0.4, -0.2) is 42.0 Å². The average molecular weight is 590 g/mol. The van der Waals surface area contributed by atoms with Crippen LogP contribution in [-0.2, 0) is 6.61 Å². The van der Waals surface area contributed by atoms with E-state index < -0.39 is 4.92 Å². The van der Waals surface area contributed by atoms with E-state index in [-0.39, 0.29) is 23.7 Å². The van der Waals surface area contributed by atoms with Crippen LogP contribution in [0.4, 0.5) is 11.4 Å². The zero-order valence-corrected chi connectivity index (χ0v) is 24.1. The van der Waals surface area contributed by atoms with E-state index in [0.717, 1.165) is 16.6 Å². The normalized spacial score (nSPS) is 11.3. The highest BCUT2D eigenvalue weighted by molar-refractivity contribution is 5.89. The molecule has 11 nitrogen and oxygen atoms in total. The third-order valence-electron chi connectivity index (χ3n) is 7.08. The summed E-state index contributed by atoms with van der Waals surface area (Å²) in [5, 5.41) is 16.8. The zero-order valence-electron chi connectivity index (χ0n) is 24.1. The van der Waals surface area contributed by atoms with Crippen molar-refractivity contribution in [1.82, 2.24) is 9.66 Å². The fourth-order valence-electron chi connectivity index (χ4n) is 4.74. The maximum Gasteiger partial charge on any atom is 0.282 e. The molecule has 0 saturated heterocycles. The second kappa shape index (κ2) is 11.7. The highest BCUT2D eigenvalue weighted by atomic mass is 16.6. The summed E-state index contributed by atoms with van der Waals surface area (Å²) in [5.74, 6) is 1.71. The lowest BCUT2D eigenvalue weighted by atomic mass is 10.2. The van der Waals surface area contributed by atoms with Crippen LogP contribution in [0, 0.1) is 10.1 Å². The van der Waals surface area contributed by atoms with E-state index in [2.05, 4.69) is 5.10 Å². The molecule has 0 aliphatic heterocycles. The van der Waals surface area contributed by atoms with Gasteiger partial charge in [0.25, 0.3) is 11.2 Å². The number of nitrogens with zero attached hydrogens (tertiary/aromatic N) is 5. The summed E-state index contributed by atoms with van der Waals surface area (Å²) in [6.07, 6.45) is 1.54. The van der Waals surface area contributed by atoms with E-state index in [0.29, 0.717) is 39.3 Å². The summed E-state index contributed by atoms with van der Waals surface area (Å²) in [5.41, 5.74) is 2.98. The Balaban J connectivity index is 1.43. The van der Waals surface area contributed by atoms with Crippen molar-refractivity contribution in [3.8, 4) is 23.1 Å². The van der Waals surface area contributed by atoms with E-state index >= 15 is 0 Å². The van der Waals surface area contributed by atoms with Crippen molar-refractivity contribution in [2.45, 2.75) is 6.61 Å². The number of aromatic nitrogens is 2. The monoisotopic (exact) mass is 589 g/mol. The van der Waals surface area contributed by atoms with Gasteiger partial charge < -0.3 is 18.8 Å². The molecule has 0 saturated carbocycles. The predicted molar refractivity (Wildman–Crippen MR) is 169 cm³/mol. The lowest BCUT2D eigenvalue weighted by Gasteiger charge is -2.16. The second-order valence-corrected chi connectivity index (χ2v) is 10.1. The number of rotatable bonds is 9. The molecule has 11 heteroatoms. The summed E-state index contributed by atoms with van der Waals surface area (Å²) < 4.78 is 19.0. The molecule has 0 bridgehead atoms. The van der Waals surface area contributed by atoms with Crippen LogP contribution < -0.4 is 19.9 Å². The maximum absolute atomic E-state index is 13.8. The number of non-ortho nitro benzene ring substituents is 1. The Morgan fingerprint density at radius 1 is 0.977 bits per heavy atom. The summed E-state index contributed by atoms with van der Waals surface area (Å²) in [6.45, 7) is 0.166. The fraction of sp³-hybridized carbons (Fsp3) is 0.121. The van der Waals surface area contributed by atoms with Gasteiger partial charge >= 0.3 is 0 Å². The molecule has 0 radical (unpaired) electrons. The number of hydrogen-bond donors (Lipinski definition) is 0. The number of anilines is 1. The molecule has 0 N–H and O–H groups in total. The number of nitro benzene ring substituents is 1. The van der Waals surface area contributed by atoms with Gasteiger partial charge in [-0.05, 0) is 60.2 Å². The van der Waals surface area contributed by atoms with Crippen molar-refractivity contribution >= 4 is 39.5 Å². The minimum atomic E-state index is -0.445. The Hall–Kier alpha value is -5.97. The molecule has 0 fully saturated rings. The molecular weight excluding hydrogens is 562 g/mol. The molecule has 6 aromatic rings. The van der Waals surface area contributed by atoms with Gasteiger partial charge in [-0.25, -0.2) is 4.98 Å². The number of fused-ring (bicyclic) bond motifs is 2. The molecule has 0 spiro atoms. The number of benzene rings is 4. The third kappa shape index (κ3) is 5.45. The first-order valence-electron chi connectivity index (χ1n) is 13.6. The highest BCUT2D eigenvalue weighted by Crippen LogP contribution is 2.33.